The molecule has 0 amide bonds. The molecular formula is C13H15BrN4O2. The van der Waals surface area contributed by atoms with Crippen LogP contribution < -0.4 is 16.0 Å². The number of anilines is 1. The molecule has 0 aliphatic heterocycles. The Labute approximate surface area is 125 Å². The van der Waals surface area contributed by atoms with Crippen LogP contribution in [0.4, 0.5) is 5.82 Å². The van der Waals surface area contributed by atoms with Crippen molar-refractivity contribution < 1.29 is 9.84 Å². The van der Waals surface area contributed by atoms with Gasteiger partial charge >= 0.3 is 0 Å². The maximum absolute atomic E-state index is 9.82. The summed E-state index contributed by atoms with van der Waals surface area (Å²) < 4.78 is 5.63. The zero-order valence-electron chi connectivity index (χ0n) is 11.4. The number of aromatic hydroxyl groups is 1. The van der Waals surface area contributed by atoms with E-state index in [1.165, 1.54) is 7.11 Å². The van der Waals surface area contributed by atoms with Crippen molar-refractivity contribution in [2.75, 3.05) is 12.5 Å². The summed E-state index contributed by atoms with van der Waals surface area (Å²) in [6.07, 6.45) is 0. The van der Waals surface area contributed by atoms with Crippen molar-refractivity contribution in [1.82, 2.24) is 9.97 Å². The van der Waals surface area contributed by atoms with E-state index in [0.717, 1.165) is 11.3 Å². The molecule has 2 aromatic rings. The van der Waals surface area contributed by atoms with Crippen LogP contribution in [-0.4, -0.2) is 22.2 Å². The Morgan fingerprint density at radius 3 is 2.60 bits per heavy atom. The Kier molecular flexibility index (Phi) is 4.10. The predicted octanol–water partition coefficient (Wildman–Crippen LogP) is 2.52. The molecule has 7 heteroatoms. The van der Waals surface area contributed by atoms with Gasteiger partial charge in [0.05, 0.1) is 11.6 Å². The fourth-order valence-electron chi connectivity index (χ4n) is 1.76. The molecule has 1 aromatic carbocycles. The van der Waals surface area contributed by atoms with Crippen molar-refractivity contribution in [1.29, 1.82) is 0 Å². The van der Waals surface area contributed by atoms with Crippen LogP contribution >= 0.6 is 15.9 Å². The number of nitrogens with two attached hydrogens (primary N) is 1. The Balaban J connectivity index is 2.62. The first-order valence-electron chi connectivity index (χ1n) is 5.86. The van der Waals surface area contributed by atoms with Gasteiger partial charge in [-0.15, -0.1) is 0 Å². The van der Waals surface area contributed by atoms with Gasteiger partial charge in [-0.05, 0) is 41.9 Å². The van der Waals surface area contributed by atoms with Gasteiger partial charge < -0.3 is 15.3 Å². The van der Waals surface area contributed by atoms with Gasteiger partial charge in [0.25, 0.3) is 0 Å². The van der Waals surface area contributed by atoms with Crippen molar-refractivity contribution in [3.05, 3.63) is 27.9 Å². The van der Waals surface area contributed by atoms with E-state index in [2.05, 4.69) is 31.3 Å². The molecule has 6 nitrogen and oxygen atoms in total. The van der Waals surface area contributed by atoms with Gasteiger partial charge in [-0.3, -0.25) is 0 Å². The monoisotopic (exact) mass is 338 g/mol. The van der Waals surface area contributed by atoms with Crippen LogP contribution in [0.3, 0.4) is 0 Å². The number of benzene rings is 1. The second-order valence-corrected chi connectivity index (χ2v) is 5.11. The normalized spacial score (nSPS) is 10.4. The summed E-state index contributed by atoms with van der Waals surface area (Å²) >= 11 is 3.28. The number of rotatable bonds is 3. The lowest BCUT2D eigenvalue weighted by atomic mass is 10.1. The molecule has 1 heterocycles. The fraction of sp³-hybridized carbons (Fsp3) is 0.231. The summed E-state index contributed by atoms with van der Waals surface area (Å²) in [4.78, 5) is 8.80. The molecule has 0 saturated carbocycles. The molecule has 20 heavy (non-hydrogen) atoms. The van der Waals surface area contributed by atoms with Crippen LogP contribution in [-0.2, 0) is 0 Å². The lowest BCUT2D eigenvalue weighted by Gasteiger charge is -2.11. The minimum absolute atomic E-state index is 0.0391. The average Bonchev–Trinajstić information content (AvgIpc) is 2.44. The third-order valence-corrected chi connectivity index (χ3v) is 3.64. The van der Waals surface area contributed by atoms with Crippen molar-refractivity contribution in [3.8, 4) is 22.9 Å². The van der Waals surface area contributed by atoms with Gasteiger partial charge in [0.1, 0.15) is 5.82 Å². The van der Waals surface area contributed by atoms with Crippen LogP contribution in [0.5, 0.6) is 11.5 Å². The number of nitrogens with zero attached hydrogens (tertiary/aromatic N) is 2. The van der Waals surface area contributed by atoms with Gasteiger partial charge in [-0.1, -0.05) is 0 Å². The summed E-state index contributed by atoms with van der Waals surface area (Å²) in [6.45, 7) is 3.77. The van der Waals surface area contributed by atoms with E-state index in [4.69, 9.17) is 10.6 Å². The average molecular weight is 339 g/mol. The molecule has 0 saturated heterocycles. The van der Waals surface area contributed by atoms with Crippen molar-refractivity contribution >= 4 is 21.7 Å². The van der Waals surface area contributed by atoms with E-state index < -0.39 is 0 Å². The van der Waals surface area contributed by atoms with Crippen LogP contribution in [0.1, 0.15) is 11.3 Å². The highest BCUT2D eigenvalue weighted by Gasteiger charge is 2.14. The molecule has 2 rings (SSSR count). The van der Waals surface area contributed by atoms with Crippen molar-refractivity contribution in [2.24, 2.45) is 5.84 Å². The van der Waals surface area contributed by atoms with Crippen LogP contribution in [0.25, 0.3) is 11.4 Å². The lowest BCUT2D eigenvalue weighted by molar-refractivity contribution is 0.372. The van der Waals surface area contributed by atoms with Crippen molar-refractivity contribution in [2.45, 2.75) is 13.8 Å². The van der Waals surface area contributed by atoms with E-state index >= 15 is 0 Å². The first kappa shape index (κ1) is 14.5. The number of halogens is 1. The fourth-order valence-corrected chi connectivity index (χ4v) is 2.20. The number of hydrogen-bond donors (Lipinski definition) is 3. The number of nitrogen functional groups attached to an aromatic ring is 1. The van der Waals surface area contributed by atoms with Gasteiger partial charge in [-0.2, -0.15) is 0 Å². The third kappa shape index (κ3) is 2.54. The first-order chi connectivity index (χ1) is 9.47. The van der Waals surface area contributed by atoms with E-state index in [9.17, 15) is 5.11 Å². The molecule has 106 valence electrons. The number of phenolic OH excluding ortho intramolecular Hbond substituents is 1. The highest BCUT2D eigenvalue weighted by atomic mass is 79.9. The van der Waals surface area contributed by atoms with Crippen LogP contribution in [0, 0.1) is 13.8 Å². The number of hydrazine groups is 1. The summed E-state index contributed by atoms with van der Waals surface area (Å²) in [5.74, 6) is 6.91. The standard InChI is InChI=1S/C13H15BrN4O2/c1-6-7(2)16-13(17-12(6)18-15)8-4-9(14)11(19)10(5-8)20-3/h4-5,19H,15H2,1-3H3,(H,16,17,18). The Bertz CT molecular complexity index is 604. The minimum Gasteiger partial charge on any atom is -0.503 e. The quantitative estimate of drug-likeness (QED) is 0.588. The lowest BCUT2D eigenvalue weighted by Crippen LogP contribution is -2.12. The number of aromatic nitrogens is 2. The molecular weight excluding hydrogens is 324 g/mol. The van der Waals surface area contributed by atoms with E-state index in [1.54, 1.807) is 12.1 Å². The molecule has 1 aromatic heterocycles. The maximum atomic E-state index is 9.82. The van der Waals surface area contributed by atoms with Gasteiger partial charge in [0.15, 0.2) is 17.3 Å². The number of hydrogen-bond acceptors (Lipinski definition) is 6. The highest BCUT2D eigenvalue weighted by Crippen LogP contribution is 2.38. The summed E-state index contributed by atoms with van der Waals surface area (Å²) in [5, 5.41) is 9.82. The minimum atomic E-state index is 0.0391. The van der Waals surface area contributed by atoms with Gasteiger partial charge in [-0.25, -0.2) is 15.8 Å². The Morgan fingerprint density at radius 2 is 2.00 bits per heavy atom. The second-order valence-electron chi connectivity index (χ2n) is 4.26. The zero-order valence-corrected chi connectivity index (χ0v) is 12.9. The molecule has 0 spiro atoms. The molecule has 0 atom stereocenters. The second kappa shape index (κ2) is 5.64. The Hall–Kier alpha value is -1.86. The first-order valence-corrected chi connectivity index (χ1v) is 6.66. The summed E-state index contributed by atoms with van der Waals surface area (Å²) in [5.41, 5.74) is 4.99. The zero-order chi connectivity index (χ0) is 14.9. The molecule has 0 aliphatic rings. The van der Waals surface area contributed by atoms with E-state index in [0.29, 0.717) is 27.4 Å². The number of aryl methyl sites for hydroxylation is 1. The molecule has 0 aliphatic carbocycles. The predicted molar refractivity (Wildman–Crippen MR) is 80.7 cm³/mol. The largest absolute Gasteiger partial charge is 0.503 e. The molecule has 0 radical (unpaired) electrons. The van der Waals surface area contributed by atoms with Gasteiger partial charge in [0.2, 0.25) is 0 Å². The van der Waals surface area contributed by atoms with Crippen molar-refractivity contribution in [3.63, 3.8) is 0 Å². The Morgan fingerprint density at radius 1 is 1.30 bits per heavy atom. The molecule has 4 N–H and O–H groups in total. The van der Waals surface area contributed by atoms with E-state index in [1.807, 2.05) is 13.8 Å². The number of methoxy groups -OCH3 is 1. The van der Waals surface area contributed by atoms with E-state index in [-0.39, 0.29) is 5.75 Å². The van der Waals surface area contributed by atoms with Crippen LogP contribution in [0.15, 0.2) is 16.6 Å². The molecule has 0 fully saturated rings. The molecule has 0 unspecified atom stereocenters. The van der Waals surface area contributed by atoms with Gasteiger partial charge in [0, 0.05) is 16.8 Å². The topological polar surface area (TPSA) is 93.3 Å². The summed E-state index contributed by atoms with van der Waals surface area (Å²) in [6, 6.07) is 3.40. The summed E-state index contributed by atoms with van der Waals surface area (Å²) in [7, 11) is 1.49. The number of phenols is 1. The highest BCUT2D eigenvalue weighted by molar-refractivity contribution is 9.10. The maximum Gasteiger partial charge on any atom is 0.172 e. The third-order valence-electron chi connectivity index (χ3n) is 3.03. The number of ether oxygens (including phenoxy) is 1. The smallest absolute Gasteiger partial charge is 0.172 e. The molecule has 0 bridgehead atoms. The number of nitrogens with one attached hydrogen (secondary N) is 1. The van der Waals surface area contributed by atoms with Crippen LogP contribution in [0.2, 0.25) is 0 Å². The SMILES string of the molecule is COc1cc(-c2nc(C)c(C)c(NN)n2)cc(Br)c1O.